The Labute approximate surface area is 116 Å². The average Bonchev–Trinajstić information content (AvgIpc) is 2.38. The van der Waals surface area contributed by atoms with Crippen LogP contribution in [0.2, 0.25) is 5.02 Å². The molecule has 3 rings (SSSR count). The lowest BCUT2D eigenvalue weighted by molar-refractivity contribution is 0.234. The number of anilines is 1. The van der Waals surface area contributed by atoms with Crippen LogP contribution in [0, 0.1) is 0 Å². The Morgan fingerprint density at radius 2 is 1.78 bits per heavy atom. The number of thiocarbonyl (C=S) groups is 1. The van der Waals surface area contributed by atoms with Crippen LogP contribution in [0.5, 0.6) is 0 Å². The summed E-state index contributed by atoms with van der Waals surface area (Å²) in [5, 5.41) is 4.16. The normalized spacial score (nSPS) is 17.6. The molecular formula is C14H10ClNOS. The zero-order valence-electron chi connectivity index (χ0n) is 9.39. The molecular weight excluding hydrogens is 266 g/mol. The maximum Gasteiger partial charge on any atom is 0.262 e. The number of halogens is 1. The Balaban J connectivity index is 2.07. The van der Waals surface area contributed by atoms with Gasteiger partial charge in [0, 0.05) is 16.3 Å². The number of hydrogen-bond donors (Lipinski definition) is 1. The zero-order valence-corrected chi connectivity index (χ0v) is 11.0. The van der Waals surface area contributed by atoms with Crippen LogP contribution in [0.4, 0.5) is 5.69 Å². The van der Waals surface area contributed by atoms with E-state index in [0.29, 0.717) is 10.2 Å². The van der Waals surface area contributed by atoms with Gasteiger partial charge in [-0.25, -0.2) is 0 Å². The Kier molecular flexibility index (Phi) is 2.94. The van der Waals surface area contributed by atoms with Gasteiger partial charge in [0.15, 0.2) is 6.10 Å². The summed E-state index contributed by atoms with van der Waals surface area (Å²) < 4.78 is 5.72. The summed E-state index contributed by atoms with van der Waals surface area (Å²) >= 11 is 11.0. The highest BCUT2D eigenvalue weighted by Gasteiger charge is 2.25. The van der Waals surface area contributed by atoms with Crippen molar-refractivity contribution < 1.29 is 4.74 Å². The molecule has 1 unspecified atom stereocenters. The van der Waals surface area contributed by atoms with E-state index in [1.165, 1.54) is 0 Å². The molecule has 0 radical (unpaired) electrons. The Morgan fingerprint density at radius 1 is 1.06 bits per heavy atom. The largest absolute Gasteiger partial charge is 0.458 e. The summed E-state index contributed by atoms with van der Waals surface area (Å²) in [6.07, 6.45) is -0.174. The summed E-state index contributed by atoms with van der Waals surface area (Å²) in [4.78, 5) is 0. The van der Waals surface area contributed by atoms with Gasteiger partial charge in [0.05, 0.1) is 0 Å². The van der Waals surface area contributed by atoms with E-state index in [-0.39, 0.29) is 6.10 Å². The van der Waals surface area contributed by atoms with Crippen molar-refractivity contribution in [2.24, 2.45) is 0 Å². The van der Waals surface area contributed by atoms with Crippen molar-refractivity contribution in [3.05, 3.63) is 64.7 Å². The fraction of sp³-hybridized carbons (Fsp3) is 0.0714. The second-order valence-electron chi connectivity index (χ2n) is 4.05. The molecule has 0 saturated carbocycles. The molecule has 2 nitrogen and oxygen atoms in total. The minimum Gasteiger partial charge on any atom is -0.458 e. The fourth-order valence-electron chi connectivity index (χ4n) is 2.03. The van der Waals surface area contributed by atoms with E-state index in [1.54, 1.807) is 0 Å². The fourth-order valence-corrected chi connectivity index (χ4v) is 2.37. The Bertz CT molecular complexity index is 597. The smallest absolute Gasteiger partial charge is 0.262 e. The lowest BCUT2D eigenvalue weighted by Gasteiger charge is -2.28. The summed E-state index contributed by atoms with van der Waals surface area (Å²) in [5.74, 6) is 0. The van der Waals surface area contributed by atoms with Crippen LogP contribution in [0.1, 0.15) is 17.2 Å². The Hall–Kier alpha value is -1.58. The van der Waals surface area contributed by atoms with Crippen LogP contribution in [0.25, 0.3) is 0 Å². The third-order valence-electron chi connectivity index (χ3n) is 2.88. The highest BCUT2D eigenvalue weighted by atomic mass is 35.5. The molecule has 0 fully saturated rings. The molecule has 1 aliphatic heterocycles. The van der Waals surface area contributed by atoms with Crippen molar-refractivity contribution in [3.63, 3.8) is 0 Å². The lowest BCUT2D eigenvalue weighted by Crippen LogP contribution is -2.24. The molecule has 0 saturated heterocycles. The van der Waals surface area contributed by atoms with E-state index in [9.17, 15) is 0 Å². The molecule has 0 spiro atoms. The van der Waals surface area contributed by atoms with E-state index >= 15 is 0 Å². The van der Waals surface area contributed by atoms with Gasteiger partial charge in [-0.3, -0.25) is 0 Å². The number of benzene rings is 2. The molecule has 1 heterocycles. The van der Waals surface area contributed by atoms with Crippen LogP contribution in [0.3, 0.4) is 0 Å². The molecule has 1 aliphatic rings. The molecule has 2 aromatic rings. The molecule has 2 aromatic carbocycles. The van der Waals surface area contributed by atoms with Gasteiger partial charge in [-0.05, 0) is 36.0 Å². The van der Waals surface area contributed by atoms with Crippen LogP contribution >= 0.6 is 23.8 Å². The number of ether oxygens (including phenoxy) is 1. The first-order valence-corrected chi connectivity index (χ1v) is 6.35. The summed E-state index contributed by atoms with van der Waals surface area (Å²) in [7, 11) is 0. The summed E-state index contributed by atoms with van der Waals surface area (Å²) in [6.45, 7) is 0. The predicted octanol–water partition coefficient (Wildman–Crippen LogP) is 4.16. The van der Waals surface area contributed by atoms with Gasteiger partial charge in [-0.2, -0.15) is 0 Å². The SMILES string of the molecule is S=C1Nc2ccccc2C(c2ccc(Cl)cc2)O1. The molecule has 0 aromatic heterocycles. The highest BCUT2D eigenvalue weighted by Crippen LogP contribution is 2.35. The monoisotopic (exact) mass is 275 g/mol. The number of fused-ring (bicyclic) bond motifs is 1. The van der Waals surface area contributed by atoms with E-state index in [2.05, 4.69) is 5.32 Å². The van der Waals surface area contributed by atoms with Gasteiger partial charge in [-0.1, -0.05) is 41.9 Å². The summed E-state index contributed by atoms with van der Waals surface area (Å²) in [5.41, 5.74) is 3.11. The van der Waals surface area contributed by atoms with Crippen LogP contribution < -0.4 is 5.32 Å². The second-order valence-corrected chi connectivity index (χ2v) is 4.86. The van der Waals surface area contributed by atoms with Crippen LogP contribution in [-0.2, 0) is 4.74 Å². The van der Waals surface area contributed by atoms with Crippen molar-refractivity contribution in [2.75, 3.05) is 5.32 Å². The Morgan fingerprint density at radius 3 is 2.56 bits per heavy atom. The lowest BCUT2D eigenvalue weighted by atomic mass is 9.99. The van der Waals surface area contributed by atoms with Gasteiger partial charge in [0.2, 0.25) is 0 Å². The first kappa shape index (κ1) is 11.5. The van der Waals surface area contributed by atoms with Crippen molar-refractivity contribution in [3.8, 4) is 0 Å². The molecule has 90 valence electrons. The van der Waals surface area contributed by atoms with Gasteiger partial charge in [0.1, 0.15) is 0 Å². The molecule has 18 heavy (non-hydrogen) atoms. The summed E-state index contributed by atoms with van der Waals surface area (Å²) in [6, 6.07) is 15.6. The van der Waals surface area contributed by atoms with Crippen molar-refractivity contribution in [1.29, 1.82) is 0 Å². The molecule has 0 bridgehead atoms. The number of nitrogens with one attached hydrogen (secondary N) is 1. The van der Waals surface area contributed by atoms with E-state index in [4.69, 9.17) is 28.6 Å². The molecule has 4 heteroatoms. The van der Waals surface area contributed by atoms with Crippen molar-refractivity contribution in [1.82, 2.24) is 0 Å². The highest BCUT2D eigenvalue weighted by molar-refractivity contribution is 7.80. The molecule has 0 aliphatic carbocycles. The second kappa shape index (κ2) is 4.59. The average molecular weight is 276 g/mol. The quantitative estimate of drug-likeness (QED) is 0.790. The van der Waals surface area contributed by atoms with Gasteiger partial charge < -0.3 is 10.1 Å². The molecule has 1 N–H and O–H groups in total. The maximum absolute atomic E-state index is 5.90. The first-order valence-electron chi connectivity index (χ1n) is 5.56. The van der Waals surface area contributed by atoms with Crippen molar-refractivity contribution in [2.45, 2.75) is 6.10 Å². The van der Waals surface area contributed by atoms with Gasteiger partial charge in [0.25, 0.3) is 5.17 Å². The number of para-hydroxylation sites is 1. The van der Waals surface area contributed by atoms with Gasteiger partial charge in [-0.15, -0.1) is 0 Å². The van der Waals surface area contributed by atoms with Crippen LogP contribution in [0.15, 0.2) is 48.5 Å². The topological polar surface area (TPSA) is 21.3 Å². The first-order chi connectivity index (χ1) is 8.74. The minimum absolute atomic E-state index is 0.174. The zero-order chi connectivity index (χ0) is 12.5. The molecule has 1 atom stereocenters. The van der Waals surface area contributed by atoms with E-state index < -0.39 is 0 Å². The predicted molar refractivity (Wildman–Crippen MR) is 77.0 cm³/mol. The third kappa shape index (κ3) is 2.07. The van der Waals surface area contributed by atoms with Crippen LogP contribution in [-0.4, -0.2) is 5.17 Å². The number of hydrogen-bond acceptors (Lipinski definition) is 2. The van der Waals surface area contributed by atoms with E-state index in [0.717, 1.165) is 16.8 Å². The minimum atomic E-state index is -0.174. The van der Waals surface area contributed by atoms with E-state index in [1.807, 2.05) is 48.5 Å². The van der Waals surface area contributed by atoms with Gasteiger partial charge >= 0.3 is 0 Å². The standard InChI is InChI=1S/C14H10ClNOS/c15-10-7-5-9(6-8-10)13-11-3-1-2-4-12(11)16-14(18)17-13/h1-8,13H,(H,16,18). The maximum atomic E-state index is 5.90. The molecule has 0 amide bonds. The van der Waals surface area contributed by atoms with Crippen molar-refractivity contribution >= 4 is 34.7 Å². The third-order valence-corrected chi connectivity index (χ3v) is 3.33. The number of rotatable bonds is 1.